The van der Waals surface area contributed by atoms with Crippen molar-refractivity contribution < 1.29 is 13.3 Å². The molecule has 0 aliphatic rings. The van der Waals surface area contributed by atoms with E-state index in [-0.39, 0.29) is 5.25 Å². The second-order valence-electron chi connectivity index (χ2n) is 3.36. The van der Waals surface area contributed by atoms with E-state index in [1.54, 1.807) is 0 Å². The molecule has 0 radical (unpaired) electrons. The molecule has 0 amide bonds. The van der Waals surface area contributed by atoms with Gasteiger partial charge in [-0.25, -0.2) is 0 Å². The van der Waals surface area contributed by atoms with Crippen molar-refractivity contribution in [1.29, 1.82) is 0 Å². The van der Waals surface area contributed by atoms with Crippen molar-refractivity contribution in [2.24, 2.45) is 0 Å². The van der Waals surface area contributed by atoms with Crippen molar-refractivity contribution in [2.75, 3.05) is 25.6 Å². The van der Waals surface area contributed by atoms with Gasteiger partial charge in [0, 0.05) is 36.9 Å². The minimum Gasteiger partial charge on any atom is -0.374 e. The lowest BCUT2D eigenvalue weighted by Gasteiger charge is -2.29. The van der Waals surface area contributed by atoms with Crippen LogP contribution < -0.4 is 0 Å². The minimum absolute atomic E-state index is 0.275. The van der Waals surface area contributed by atoms with Crippen LogP contribution in [0.4, 0.5) is 0 Å². The van der Waals surface area contributed by atoms with Gasteiger partial charge in [-0.05, 0) is 27.2 Å². The number of hydrogen-bond donors (Lipinski definition) is 2. The molecule has 0 N–H and O–H groups in total. The summed E-state index contributed by atoms with van der Waals surface area (Å²) in [6.45, 7) is 7.79. The SMILES string of the molecule is CCO[Si](CCC(S)CS)(OCC)OCC. The van der Waals surface area contributed by atoms with Crippen LogP contribution in [-0.4, -0.2) is 39.6 Å². The zero-order valence-corrected chi connectivity index (χ0v) is 13.2. The lowest BCUT2D eigenvalue weighted by molar-refractivity contribution is 0.0709. The molecule has 3 nitrogen and oxygen atoms in total. The molecule has 0 aliphatic heterocycles. The van der Waals surface area contributed by atoms with Crippen molar-refractivity contribution in [1.82, 2.24) is 0 Å². The summed E-state index contributed by atoms with van der Waals surface area (Å²) >= 11 is 8.64. The number of hydrogen-bond acceptors (Lipinski definition) is 5. The summed E-state index contributed by atoms with van der Waals surface area (Å²) in [6, 6.07) is 0.817. The maximum Gasteiger partial charge on any atom is 0.500 e. The lowest BCUT2D eigenvalue weighted by atomic mass is 10.4. The highest BCUT2D eigenvalue weighted by molar-refractivity contribution is 7.84. The van der Waals surface area contributed by atoms with Crippen molar-refractivity contribution in [3.63, 3.8) is 0 Å². The molecule has 98 valence electrons. The average molecular weight is 285 g/mol. The van der Waals surface area contributed by atoms with Gasteiger partial charge in [-0.2, -0.15) is 25.3 Å². The van der Waals surface area contributed by atoms with E-state index in [4.69, 9.17) is 13.3 Å². The first kappa shape index (κ1) is 16.8. The fourth-order valence-electron chi connectivity index (χ4n) is 1.44. The molecule has 0 heterocycles. The van der Waals surface area contributed by atoms with Crippen LogP contribution in [0.2, 0.25) is 6.04 Å². The van der Waals surface area contributed by atoms with Gasteiger partial charge in [0.05, 0.1) is 0 Å². The van der Waals surface area contributed by atoms with Crippen LogP contribution in [0.3, 0.4) is 0 Å². The number of rotatable bonds is 10. The smallest absolute Gasteiger partial charge is 0.374 e. The molecule has 0 fully saturated rings. The molecule has 0 aromatic heterocycles. The van der Waals surface area contributed by atoms with Crippen LogP contribution in [0, 0.1) is 0 Å². The summed E-state index contributed by atoms with van der Waals surface area (Å²) in [5.74, 6) is 0.762. The summed E-state index contributed by atoms with van der Waals surface area (Å²) in [5.41, 5.74) is 0. The predicted octanol–water partition coefficient (Wildman–Crippen LogP) is 2.65. The molecule has 0 saturated heterocycles. The van der Waals surface area contributed by atoms with Crippen LogP contribution >= 0.6 is 25.3 Å². The quantitative estimate of drug-likeness (QED) is 0.477. The van der Waals surface area contributed by atoms with E-state index < -0.39 is 8.80 Å². The minimum atomic E-state index is -2.46. The van der Waals surface area contributed by atoms with Crippen LogP contribution in [0.5, 0.6) is 0 Å². The van der Waals surface area contributed by atoms with Crippen molar-refractivity contribution in [3.8, 4) is 0 Å². The maximum atomic E-state index is 5.74. The Kier molecular flexibility index (Phi) is 10.3. The standard InChI is InChI=1S/C10H24O3S2Si/c1-4-11-16(12-5-2,13-6-3)8-7-10(15)9-14/h10,14-15H,4-9H2,1-3H3. The van der Waals surface area contributed by atoms with Gasteiger partial charge in [0.25, 0.3) is 0 Å². The van der Waals surface area contributed by atoms with Crippen molar-refractivity contribution in [3.05, 3.63) is 0 Å². The van der Waals surface area contributed by atoms with Gasteiger partial charge in [0.1, 0.15) is 0 Å². The molecular formula is C10H24O3S2Si. The molecule has 0 aromatic carbocycles. The summed E-state index contributed by atoms with van der Waals surface area (Å²) < 4.78 is 17.2. The molecule has 0 aromatic rings. The van der Waals surface area contributed by atoms with Crippen LogP contribution in [0.25, 0.3) is 0 Å². The van der Waals surface area contributed by atoms with Crippen LogP contribution in [0.1, 0.15) is 27.2 Å². The Hall–Kier alpha value is 0.797. The molecule has 0 spiro atoms. The zero-order chi connectivity index (χ0) is 12.4. The van der Waals surface area contributed by atoms with E-state index >= 15 is 0 Å². The van der Waals surface area contributed by atoms with E-state index in [0.717, 1.165) is 18.2 Å². The van der Waals surface area contributed by atoms with Gasteiger partial charge in [0.2, 0.25) is 0 Å². The zero-order valence-electron chi connectivity index (χ0n) is 10.4. The molecular weight excluding hydrogens is 260 g/mol. The topological polar surface area (TPSA) is 27.7 Å². The second kappa shape index (κ2) is 9.79. The normalized spacial score (nSPS) is 14.1. The second-order valence-corrected chi connectivity index (χ2v) is 7.18. The van der Waals surface area contributed by atoms with Crippen LogP contribution in [0.15, 0.2) is 0 Å². The highest BCUT2D eigenvalue weighted by Crippen LogP contribution is 2.21. The van der Waals surface area contributed by atoms with Gasteiger partial charge < -0.3 is 13.3 Å². The third-order valence-corrected chi connectivity index (χ3v) is 6.34. The van der Waals surface area contributed by atoms with E-state index in [2.05, 4.69) is 25.3 Å². The summed E-state index contributed by atoms with van der Waals surface area (Å²) in [6.07, 6.45) is 0.916. The summed E-state index contributed by atoms with van der Waals surface area (Å²) in [5, 5.41) is 0.275. The fraction of sp³-hybridized carbons (Fsp3) is 1.00. The van der Waals surface area contributed by atoms with E-state index in [9.17, 15) is 0 Å². The Morgan fingerprint density at radius 2 is 1.44 bits per heavy atom. The third kappa shape index (κ3) is 6.51. The first-order chi connectivity index (χ1) is 7.64. The fourth-order valence-corrected chi connectivity index (χ4v) is 4.70. The lowest BCUT2D eigenvalue weighted by Crippen LogP contribution is -2.46. The third-order valence-electron chi connectivity index (χ3n) is 2.09. The first-order valence-electron chi connectivity index (χ1n) is 5.84. The van der Waals surface area contributed by atoms with E-state index in [1.165, 1.54) is 0 Å². The first-order valence-corrected chi connectivity index (χ1v) is 8.92. The van der Waals surface area contributed by atoms with Gasteiger partial charge in [-0.1, -0.05) is 0 Å². The average Bonchev–Trinajstić information content (AvgIpc) is 2.27. The Balaban J connectivity index is 4.34. The molecule has 0 rings (SSSR count). The summed E-state index contributed by atoms with van der Waals surface area (Å²) in [4.78, 5) is 0. The van der Waals surface area contributed by atoms with Crippen molar-refractivity contribution in [2.45, 2.75) is 38.5 Å². The largest absolute Gasteiger partial charge is 0.500 e. The molecule has 0 bridgehead atoms. The Morgan fingerprint density at radius 3 is 1.75 bits per heavy atom. The molecule has 16 heavy (non-hydrogen) atoms. The number of thiol groups is 2. The monoisotopic (exact) mass is 284 g/mol. The van der Waals surface area contributed by atoms with Gasteiger partial charge in [-0.3, -0.25) is 0 Å². The van der Waals surface area contributed by atoms with E-state index in [1.807, 2.05) is 20.8 Å². The van der Waals surface area contributed by atoms with E-state index in [0.29, 0.717) is 19.8 Å². The highest BCUT2D eigenvalue weighted by atomic mass is 32.1. The van der Waals surface area contributed by atoms with Gasteiger partial charge in [-0.15, -0.1) is 0 Å². The van der Waals surface area contributed by atoms with Crippen molar-refractivity contribution >= 4 is 34.1 Å². The molecule has 1 atom stereocenters. The van der Waals surface area contributed by atoms with Crippen LogP contribution in [-0.2, 0) is 13.3 Å². The highest BCUT2D eigenvalue weighted by Gasteiger charge is 2.40. The maximum absolute atomic E-state index is 5.74. The van der Waals surface area contributed by atoms with Gasteiger partial charge >= 0.3 is 8.80 Å². The Labute approximate surface area is 111 Å². The predicted molar refractivity (Wildman–Crippen MR) is 76.7 cm³/mol. The molecule has 1 unspecified atom stereocenters. The Morgan fingerprint density at radius 1 is 1.00 bits per heavy atom. The van der Waals surface area contributed by atoms with Gasteiger partial charge in [0.15, 0.2) is 0 Å². The summed E-state index contributed by atoms with van der Waals surface area (Å²) in [7, 11) is -2.46. The molecule has 0 saturated carbocycles. The molecule has 0 aliphatic carbocycles. The Bertz CT molecular complexity index is 155. The molecule has 6 heteroatoms.